The molecule has 0 unspecified atom stereocenters. The largest absolute Gasteiger partial charge is 0.454 e. The summed E-state index contributed by atoms with van der Waals surface area (Å²) < 4.78 is 58.6. The second kappa shape index (κ2) is 7.24. The van der Waals surface area contributed by atoms with Crippen LogP contribution in [0.5, 0.6) is 11.5 Å². The maximum Gasteiger partial charge on any atom is 0.420 e. The molecule has 1 aliphatic rings. The number of alkyl halides is 3. The molecule has 4 nitrogen and oxygen atoms in total. The normalized spacial score (nSPS) is 16.0. The summed E-state index contributed by atoms with van der Waals surface area (Å²) in [4.78, 5) is 22.7. The first-order valence-electron chi connectivity index (χ1n) is 7.22. The number of benzene rings is 2. The number of halogens is 5. The standard InChI is InChI=1S/C17H8ClF4NO3S/c18-9-2-4-12(10(7-9)17(20,21)22)26-13-3-1-8(5-11(13)19)6-14-15(24)23-16(25)27-14/h1-7H,(H,23,24,25)/b14-6+. The van der Waals surface area contributed by atoms with Gasteiger partial charge in [0, 0.05) is 5.02 Å². The lowest BCUT2D eigenvalue weighted by Gasteiger charge is -2.14. The Morgan fingerprint density at radius 3 is 2.37 bits per heavy atom. The molecule has 0 spiro atoms. The predicted octanol–water partition coefficient (Wildman–Crippen LogP) is 5.61. The zero-order valence-corrected chi connectivity index (χ0v) is 14.6. The van der Waals surface area contributed by atoms with E-state index >= 15 is 0 Å². The summed E-state index contributed by atoms with van der Waals surface area (Å²) in [5.41, 5.74) is -0.905. The van der Waals surface area contributed by atoms with Gasteiger partial charge in [0.2, 0.25) is 0 Å². The van der Waals surface area contributed by atoms with Crippen LogP contribution in [0.2, 0.25) is 5.02 Å². The van der Waals surface area contributed by atoms with Gasteiger partial charge in [-0.15, -0.1) is 0 Å². The molecular weight excluding hydrogens is 410 g/mol. The van der Waals surface area contributed by atoms with Crippen molar-refractivity contribution < 1.29 is 31.9 Å². The van der Waals surface area contributed by atoms with Crippen molar-refractivity contribution in [1.82, 2.24) is 5.32 Å². The zero-order valence-electron chi connectivity index (χ0n) is 13.1. The van der Waals surface area contributed by atoms with Crippen molar-refractivity contribution in [3.05, 3.63) is 63.3 Å². The molecule has 0 bridgehead atoms. The summed E-state index contributed by atoms with van der Waals surface area (Å²) in [7, 11) is 0. The van der Waals surface area contributed by atoms with Crippen molar-refractivity contribution in [2.45, 2.75) is 6.18 Å². The number of hydrogen-bond acceptors (Lipinski definition) is 4. The van der Waals surface area contributed by atoms with Gasteiger partial charge in [0.1, 0.15) is 5.75 Å². The van der Waals surface area contributed by atoms with Crippen molar-refractivity contribution in [3.8, 4) is 11.5 Å². The van der Waals surface area contributed by atoms with Gasteiger partial charge in [0.25, 0.3) is 11.1 Å². The molecule has 2 aromatic rings. The number of nitrogens with one attached hydrogen (secondary N) is 1. The van der Waals surface area contributed by atoms with Crippen molar-refractivity contribution in [2.24, 2.45) is 0 Å². The van der Waals surface area contributed by atoms with E-state index in [2.05, 4.69) is 5.32 Å². The third-order valence-electron chi connectivity index (χ3n) is 3.36. The number of hydrogen-bond donors (Lipinski definition) is 1. The van der Waals surface area contributed by atoms with Crippen LogP contribution in [-0.4, -0.2) is 11.1 Å². The van der Waals surface area contributed by atoms with E-state index in [0.29, 0.717) is 17.8 Å². The van der Waals surface area contributed by atoms with Crippen LogP contribution in [0, 0.1) is 5.82 Å². The van der Waals surface area contributed by atoms with Gasteiger partial charge < -0.3 is 4.74 Å². The first-order valence-corrected chi connectivity index (χ1v) is 8.42. The Morgan fingerprint density at radius 2 is 1.78 bits per heavy atom. The molecule has 0 radical (unpaired) electrons. The number of imide groups is 1. The summed E-state index contributed by atoms with van der Waals surface area (Å²) in [5, 5.41) is 1.36. The Morgan fingerprint density at radius 1 is 1.07 bits per heavy atom. The van der Waals surface area contributed by atoms with Crippen LogP contribution in [0.25, 0.3) is 6.08 Å². The maximum atomic E-state index is 14.3. The molecule has 0 atom stereocenters. The number of ether oxygens (including phenoxy) is 1. The maximum absolute atomic E-state index is 14.3. The van der Waals surface area contributed by atoms with Crippen molar-refractivity contribution >= 4 is 40.6 Å². The van der Waals surface area contributed by atoms with Crippen LogP contribution < -0.4 is 10.1 Å². The van der Waals surface area contributed by atoms with E-state index in [1.807, 2.05) is 0 Å². The minimum Gasteiger partial charge on any atom is -0.454 e. The van der Waals surface area contributed by atoms with E-state index in [9.17, 15) is 27.2 Å². The Bertz CT molecular complexity index is 975. The third kappa shape index (κ3) is 4.42. The Labute approximate surface area is 159 Å². The minimum absolute atomic E-state index is 0.0742. The van der Waals surface area contributed by atoms with Gasteiger partial charge in [-0.05, 0) is 53.7 Å². The zero-order chi connectivity index (χ0) is 19.8. The van der Waals surface area contributed by atoms with Crippen molar-refractivity contribution in [1.29, 1.82) is 0 Å². The predicted molar refractivity (Wildman–Crippen MR) is 92.0 cm³/mol. The molecule has 0 aromatic heterocycles. The van der Waals surface area contributed by atoms with E-state index in [1.165, 1.54) is 18.2 Å². The fourth-order valence-corrected chi connectivity index (χ4v) is 3.05. The first-order chi connectivity index (χ1) is 12.6. The molecule has 1 saturated heterocycles. The molecule has 140 valence electrons. The van der Waals surface area contributed by atoms with Gasteiger partial charge in [-0.25, -0.2) is 4.39 Å². The Hall–Kier alpha value is -2.52. The van der Waals surface area contributed by atoms with Crippen molar-refractivity contribution in [2.75, 3.05) is 0 Å². The average Bonchev–Trinajstić information content (AvgIpc) is 2.88. The highest BCUT2D eigenvalue weighted by molar-refractivity contribution is 8.18. The quantitative estimate of drug-likeness (QED) is 0.520. The molecule has 27 heavy (non-hydrogen) atoms. The van der Waals surface area contributed by atoms with Crippen LogP contribution in [0.4, 0.5) is 22.4 Å². The van der Waals surface area contributed by atoms with Crippen molar-refractivity contribution in [3.63, 3.8) is 0 Å². The van der Waals surface area contributed by atoms with Gasteiger partial charge in [-0.1, -0.05) is 17.7 Å². The number of carbonyl (C=O) groups excluding carboxylic acids is 2. The third-order valence-corrected chi connectivity index (χ3v) is 4.41. The molecular formula is C17H8ClF4NO3S. The van der Waals surface area contributed by atoms with Gasteiger partial charge >= 0.3 is 6.18 Å². The van der Waals surface area contributed by atoms with Crippen LogP contribution in [0.1, 0.15) is 11.1 Å². The van der Waals surface area contributed by atoms with E-state index in [1.54, 1.807) is 0 Å². The topological polar surface area (TPSA) is 55.4 Å². The second-order valence-corrected chi connectivity index (χ2v) is 6.73. The molecule has 10 heteroatoms. The Balaban J connectivity index is 1.89. The van der Waals surface area contributed by atoms with E-state index in [0.717, 1.165) is 18.2 Å². The van der Waals surface area contributed by atoms with Crippen LogP contribution >= 0.6 is 23.4 Å². The molecule has 1 N–H and O–H groups in total. The summed E-state index contributed by atoms with van der Waals surface area (Å²) in [6.45, 7) is 0. The molecule has 1 heterocycles. The number of amides is 2. The monoisotopic (exact) mass is 417 g/mol. The molecule has 1 fully saturated rings. The number of rotatable bonds is 3. The summed E-state index contributed by atoms with van der Waals surface area (Å²) >= 11 is 6.24. The SMILES string of the molecule is O=C1NC(=O)/C(=C\c2ccc(Oc3ccc(Cl)cc3C(F)(F)F)c(F)c2)S1. The molecule has 3 rings (SSSR count). The second-order valence-electron chi connectivity index (χ2n) is 5.28. The highest BCUT2D eigenvalue weighted by atomic mass is 35.5. The molecule has 0 aliphatic carbocycles. The lowest BCUT2D eigenvalue weighted by molar-refractivity contribution is -0.138. The molecule has 2 aromatic carbocycles. The van der Waals surface area contributed by atoms with Gasteiger partial charge in [0.05, 0.1) is 10.5 Å². The lowest BCUT2D eigenvalue weighted by atomic mass is 10.1. The minimum atomic E-state index is -4.74. The fourth-order valence-electron chi connectivity index (χ4n) is 2.19. The molecule has 1 aliphatic heterocycles. The van der Waals surface area contributed by atoms with E-state index in [-0.39, 0.29) is 15.5 Å². The van der Waals surface area contributed by atoms with Crippen LogP contribution in [0.3, 0.4) is 0 Å². The highest BCUT2D eigenvalue weighted by Gasteiger charge is 2.35. The average molecular weight is 418 g/mol. The highest BCUT2D eigenvalue weighted by Crippen LogP contribution is 2.40. The lowest BCUT2D eigenvalue weighted by Crippen LogP contribution is -2.17. The molecule has 2 amide bonds. The van der Waals surface area contributed by atoms with Gasteiger partial charge in [-0.3, -0.25) is 14.9 Å². The number of carbonyl (C=O) groups is 2. The van der Waals surface area contributed by atoms with Gasteiger partial charge in [0.15, 0.2) is 11.6 Å². The van der Waals surface area contributed by atoms with E-state index in [4.69, 9.17) is 16.3 Å². The van der Waals surface area contributed by atoms with E-state index < -0.39 is 40.2 Å². The summed E-state index contributed by atoms with van der Waals surface area (Å²) in [6.07, 6.45) is -3.46. The van der Waals surface area contributed by atoms with Crippen LogP contribution in [0.15, 0.2) is 41.3 Å². The van der Waals surface area contributed by atoms with Gasteiger partial charge in [-0.2, -0.15) is 13.2 Å². The molecule has 0 saturated carbocycles. The summed E-state index contributed by atoms with van der Waals surface area (Å²) in [6, 6.07) is 6.30. The van der Waals surface area contributed by atoms with Crippen LogP contribution in [-0.2, 0) is 11.0 Å². The smallest absolute Gasteiger partial charge is 0.420 e. The Kier molecular flexibility index (Phi) is 5.16. The number of thioether (sulfide) groups is 1. The fraction of sp³-hybridized carbons (Fsp3) is 0.0588. The summed E-state index contributed by atoms with van der Waals surface area (Å²) in [5.74, 6) is -2.60. The first kappa shape index (κ1) is 19.2.